The van der Waals surface area contributed by atoms with E-state index in [0.717, 1.165) is 11.1 Å². The highest BCUT2D eigenvalue weighted by atomic mass is 16.3. The molecule has 4 atom stereocenters. The molecular formula is C34H46N8O7. The molecule has 264 valence electrons. The molecule has 0 aromatic heterocycles. The van der Waals surface area contributed by atoms with Crippen LogP contribution in [0.25, 0.3) is 0 Å². The Morgan fingerprint density at radius 2 is 1.31 bits per heavy atom. The molecule has 49 heavy (non-hydrogen) atoms. The highest BCUT2D eigenvalue weighted by molar-refractivity contribution is 5.96. The number of nitrogens with zero attached hydrogens (tertiary/aromatic N) is 2. The van der Waals surface area contributed by atoms with Crippen LogP contribution in [0.4, 0.5) is 0 Å². The van der Waals surface area contributed by atoms with Crippen molar-refractivity contribution < 1.29 is 33.9 Å². The summed E-state index contributed by atoms with van der Waals surface area (Å²) >= 11 is 0. The molecule has 15 heteroatoms. The molecule has 2 aromatic rings. The minimum absolute atomic E-state index is 0.102. The van der Waals surface area contributed by atoms with E-state index in [2.05, 4.69) is 21.3 Å². The molecule has 0 unspecified atom stereocenters. The Balaban J connectivity index is 1.40. The van der Waals surface area contributed by atoms with E-state index < -0.39 is 53.7 Å². The summed E-state index contributed by atoms with van der Waals surface area (Å²) in [6, 6.07) is 12.0. The summed E-state index contributed by atoms with van der Waals surface area (Å²) in [6.45, 7) is 0.516. The standard InChI is InChI=1S/C34H46N8O7/c35-14-15-37-29(44)20-38-30(45)21-39-31(46)27-8-4-17-42(27)34(49)26(19-22-6-2-1-3-7-22)40-32(47)28-9-5-16-41(28)33(48)25(36)18-23-10-12-24(43)13-11-23/h1-3,6-7,10-13,25-28,43H,4-5,8-9,14-21,35-36H2,(H,37,44)(H,38,45)(H,39,46)(H,40,47)/t25-,26-,27-,28-/m0/s1. The second-order valence-electron chi connectivity index (χ2n) is 12.2. The van der Waals surface area contributed by atoms with E-state index in [1.165, 1.54) is 21.9 Å². The maximum Gasteiger partial charge on any atom is 0.246 e. The summed E-state index contributed by atoms with van der Waals surface area (Å²) in [7, 11) is 0. The molecule has 15 nitrogen and oxygen atoms in total. The Morgan fingerprint density at radius 1 is 0.735 bits per heavy atom. The van der Waals surface area contributed by atoms with E-state index in [1.807, 2.05) is 30.3 Å². The maximum atomic E-state index is 14.0. The van der Waals surface area contributed by atoms with Crippen LogP contribution in [-0.4, -0.2) is 114 Å². The Hall–Kier alpha value is -5.02. The summed E-state index contributed by atoms with van der Waals surface area (Å²) in [5, 5.41) is 19.9. The first-order chi connectivity index (χ1) is 23.6. The molecule has 0 radical (unpaired) electrons. The van der Waals surface area contributed by atoms with Gasteiger partial charge < -0.3 is 47.6 Å². The largest absolute Gasteiger partial charge is 0.508 e. The first kappa shape index (κ1) is 36.8. The van der Waals surface area contributed by atoms with Gasteiger partial charge in [-0.1, -0.05) is 42.5 Å². The molecule has 9 N–H and O–H groups in total. The number of carbonyl (C=O) groups is 6. The van der Waals surface area contributed by atoms with Gasteiger partial charge in [-0.25, -0.2) is 0 Å². The first-order valence-electron chi connectivity index (χ1n) is 16.6. The van der Waals surface area contributed by atoms with E-state index in [4.69, 9.17) is 11.5 Å². The van der Waals surface area contributed by atoms with Gasteiger partial charge in [-0.05, 0) is 55.4 Å². The highest BCUT2D eigenvalue weighted by Gasteiger charge is 2.41. The molecule has 0 aliphatic carbocycles. The minimum atomic E-state index is -1.03. The number of likely N-dealkylation sites (tertiary alicyclic amines) is 2. The van der Waals surface area contributed by atoms with Gasteiger partial charge in [0.25, 0.3) is 0 Å². The van der Waals surface area contributed by atoms with Gasteiger partial charge in [-0.2, -0.15) is 0 Å². The molecule has 2 heterocycles. The number of nitrogens with two attached hydrogens (primary N) is 2. The molecule has 2 aliphatic heterocycles. The average molecular weight is 679 g/mol. The minimum Gasteiger partial charge on any atom is -0.508 e. The first-order valence-corrected chi connectivity index (χ1v) is 16.6. The fraction of sp³-hybridized carbons (Fsp3) is 0.471. The predicted molar refractivity (Wildman–Crippen MR) is 179 cm³/mol. The number of hydrogen-bond donors (Lipinski definition) is 7. The molecule has 0 saturated carbocycles. The van der Waals surface area contributed by atoms with E-state index in [0.29, 0.717) is 32.2 Å². The van der Waals surface area contributed by atoms with Crippen LogP contribution in [-0.2, 0) is 41.6 Å². The number of benzene rings is 2. The maximum absolute atomic E-state index is 14.0. The number of hydrogen-bond acceptors (Lipinski definition) is 9. The Kier molecular flexibility index (Phi) is 13.5. The third kappa shape index (κ3) is 10.5. The summed E-state index contributed by atoms with van der Waals surface area (Å²) in [5.41, 5.74) is 13.2. The quantitative estimate of drug-likeness (QED) is 0.113. The molecule has 4 rings (SSSR count). The summed E-state index contributed by atoms with van der Waals surface area (Å²) in [5.74, 6) is -2.71. The van der Waals surface area contributed by atoms with Crippen LogP contribution in [0, 0.1) is 0 Å². The van der Waals surface area contributed by atoms with Crippen LogP contribution in [0.15, 0.2) is 54.6 Å². The Labute approximate surface area is 285 Å². The molecule has 2 aliphatic rings. The van der Waals surface area contributed by atoms with Gasteiger partial charge in [0, 0.05) is 32.6 Å². The van der Waals surface area contributed by atoms with Crippen LogP contribution in [0.3, 0.4) is 0 Å². The molecule has 2 fully saturated rings. The van der Waals surface area contributed by atoms with Crippen LogP contribution >= 0.6 is 0 Å². The second-order valence-corrected chi connectivity index (χ2v) is 12.2. The topological polar surface area (TPSA) is 229 Å². The number of carbonyl (C=O) groups excluding carboxylic acids is 6. The zero-order valence-electron chi connectivity index (χ0n) is 27.4. The van der Waals surface area contributed by atoms with Crippen LogP contribution in [0.5, 0.6) is 5.75 Å². The van der Waals surface area contributed by atoms with E-state index >= 15 is 0 Å². The van der Waals surface area contributed by atoms with Crippen LogP contribution in [0.1, 0.15) is 36.8 Å². The monoisotopic (exact) mass is 678 g/mol. The lowest BCUT2D eigenvalue weighted by Crippen LogP contribution is -2.58. The molecular weight excluding hydrogens is 632 g/mol. The molecule has 0 bridgehead atoms. The van der Waals surface area contributed by atoms with Crippen molar-refractivity contribution in [2.75, 3.05) is 39.3 Å². The van der Waals surface area contributed by atoms with Crippen molar-refractivity contribution in [3.8, 4) is 5.75 Å². The number of nitrogens with one attached hydrogen (secondary N) is 4. The highest BCUT2D eigenvalue weighted by Crippen LogP contribution is 2.22. The smallest absolute Gasteiger partial charge is 0.246 e. The van der Waals surface area contributed by atoms with Gasteiger partial charge in [-0.3, -0.25) is 28.8 Å². The zero-order valence-corrected chi connectivity index (χ0v) is 27.4. The van der Waals surface area contributed by atoms with Crippen molar-refractivity contribution in [1.82, 2.24) is 31.1 Å². The average Bonchev–Trinajstić information content (AvgIpc) is 3.80. The number of phenolic OH excluding ortho intramolecular Hbond substituents is 1. The molecule has 0 spiro atoms. The number of rotatable bonds is 15. The van der Waals surface area contributed by atoms with Gasteiger partial charge in [0.15, 0.2) is 0 Å². The van der Waals surface area contributed by atoms with Gasteiger partial charge in [0.05, 0.1) is 19.1 Å². The van der Waals surface area contributed by atoms with Crippen molar-refractivity contribution in [2.24, 2.45) is 11.5 Å². The van der Waals surface area contributed by atoms with Crippen LogP contribution in [0.2, 0.25) is 0 Å². The van der Waals surface area contributed by atoms with Crippen molar-refractivity contribution in [2.45, 2.75) is 62.7 Å². The normalized spacial score (nSPS) is 18.3. The van der Waals surface area contributed by atoms with E-state index in [9.17, 15) is 33.9 Å². The van der Waals surface area contributed by atoms with Crippen LogP contribution < -0.4 is 32.7 Å². The number of aromatic hydroxyl groups is 1. The lowest BCUT2D eigenvalue weighted by Gasteiger charge is -2.31. The van der Waals surface area contributed by atoms with Crippen molar-refractivity contribution >= 4 is 35.4 Å². The molecule has 2 aromatic carbocycles. The van der Waals surface area contributed by atoms with Crippen molar-refractivity contribution in [3.05, 3.63) is 65.7 Å². The Bertz CT molecular complexity index is 1470. The fourth-order valence-electron chi connectivity index (χ4n) is 6.11. The fourth-order valence-corrected chi connectivity index (χ4v) is 6.11. The lowest BCUT2D eigenvalue weighted by molar-refractivity contribution is -0.143. The predicted octanol–water partition coefficient (Wildman–Crippen LogP) is -1.72. The third-order valence-corrected chi connectivity index (χ3v) is 8.62. The van der Waals surface area contributed by atoms with Gasteiger partial charge in [0.1, 0.15) is 23.9 Å². The van der Waals surface area contributed by atoms with Gasteiger partial charge in [-0.15, -0.1) is 0 Å². The molecule has 2 saturated heterocycles. The van der Waals surface area contributed by atoms with Crippen molar-refractivity contribution in [1.29, 1.82) is 0 Å². The third-order valence-electron chi connectivity index (χ3n) is 8.62. The van der Waals surface area contributed by atoms with Gasteiger partial charge in [0.2, 0.25) is 35.4 Å². The summed E-state index contributed by atoms with van der Waals surface area (Å²) in [6.07, 6.45) is 2.30. The lowest BCUT2D eigenvalue weighted by atomic mass is 10.0. The van der Waals surface area contributed by atoms with Crippen molar-refractivity contribution in [3.63, 3.8) is 0 Å². The van der Waals surface area contributed by atoms with E-state index in [-0.39, 0.29) is 57.2 Å². The summed E-state index contributed by atoms with van der Waals surface area (Å²) in [4.78, 5) is 81.2. The number of phenols is 1. The van der Waals surface area contributed by atoms with E-state index in [1.54, 1.807) is 12.1 Å². The SMILES string of the molecule is NCCNC(=O)CNC(=O)CNC(=O)[C@@H]1CCCN1C(=O)[C@H](Cc1ccccc1)NC(=O)[C@@H]1CCCN1C(=O)[C@@H](N)Cc1ccc(O)cc1. The van der Waals surface area contributed by atoms with Gasteiger partial charge >= 0.3 is 0 Å². The molecule has 6 amide bonds. The number of amides is 6. The Morgan fingerprint density at radius 3 is 1.96 bits per heavy atom. The second kappa shape index (κ2) is 17.9. The zero-order chi connectivity index (χ0) is 35.3. The summed E-state index contributed by atoms with van der Waals surface area (Å²) < 4.78 is 0.